The number of hydrogen-bond donors (Lipinski definition) is 0. The summed E-state index contributed by atoms with van der Waals surface area (Å²) in [5, 5.41) is 0.266. The Kier molecular flexibility index (Phi) is 4.32. The first-order valence-electron chi connectivity index (χ1n) is 6.10. The van der Waals surface area contributed by atoms with E-state index in [1.54, 1.807) is 12.4 Å². The first-order chi connectivity index (χ1) is 9.11. The van der Waals surface area contributed by atoms with Gasteiger partial charge < -0.3 is 4.57 Å². The zero-order valence-electron chi connectivity index (χ0n) is 10.6. The summed E-state index contributed by atoms with van der Waals surface area (Å²) in [6.45, 7) is 2.78. The fraction of sp³-hybridized carbons (Fsp3) is 0.286. The number of benzene rings is 1. The van der Waals surface area contributed by atoms with Crippen molar-refractivity contribution in [3.8, 4) is 0 Å². The summed E-state index contributed by atoms with van der Waals surface area (Å²) in [6.07, 6.45) is 4.44. The van der Waals surface area contributed by atoms with E-state index in [2.05, 4.69) is 4.98 Å². The Labute approximate surface area is 116 Å². The van der Waals surface area contributed by atoms with Crippen molar-refractivity contribution >= 4 is 17.4 Å². The fourth-order valence-electron chi connectivity index (χ4n) is 1.90. The summed E-state index contributed by atoms with van der Waals surface area (Å²) in [7, 11) is 0. The number of Topliss-reactive ketones (excluding diaryl/α,β-unsaturated/α-hetero) is 1. The molecule has 0 unspecified atom stereocenters. The molecule has 100 valence electrons. The van der Waals surface area contributed by atoms with Gasteiger partial charge in [0.2, 0.25) is 5.78 Å². The highest BCUT2D eigenvalue weighted by molar-refractivity contribution is 6.31. The van der Waals surface area contributed by atoms with Gasteiger partial charge in [0.15, 0.2) is 5.82 Å². The minimum Gasteiger partial charge on any atom is -0.329 e. The molecule has 2 aromatic rings. The molecule has 0 radical (unpaired) electrons. The van der Waals surface area contributed by atoms with E-state index in [1.165, 1.54) is 18.2 Å². The summed E-state index contributed by atoms with van der Waals surface area (Å²) >= 11 is 5.92. The van der Waals surface area contributed by atoms with E-state index in [-0.39, 0.29) is 17.2 Å². The molecule has 0 bridgehead atoms. The molecule has 5 heteroatoms. The quantitative estimate of drug-likeness (QED) is 0.786. The first kappa shape index (κ1) is 13.7. The molecule has 0 aliphatic heterocycles. The SMILES string of the molecule is CCCn1ccnc1C(=O)Cc1ccc(F)cc1Cl. The third-order valence-corrected chi connectivity index (χ3v) is 3.15. The Morgan fingerprint density at radius 3 is 2.95 bits per heavy atom. The lowest BCUT2D eigenvalue weighted by Gasteiger charge is -2.06. The lowest BCUT2D eigenvalue weighted by molar-refractivity contribution is 0.0978. The summed E-state index contributed by atoms with van der Waals surface area (Å²) in [5.41, 5.74) is 0.610. The van der Waals surface area contributed by atoms with Gasteiger partial charge >= 0.3 is 0 Å². The highest BCUT2D eigenvalue weighted by Crippen LogP contribution is 2.19. The van der Waals surface area contributed by atoms with Gasteiger partial charge in [-0.2, -0.15) is 0 Å². The van der Waals surface area contributed by atoms with Gasteiger partial charge in [0.25, 0.3) is 0 Å². The van der Waals surface area contributed by atoms with Crippen molar-refractivity contribution in [1.29, 1.82) is 0 Å². The lowest BCUT2D eigenvalue weighted by Crippen LogP contribution is -2.12. The lowest BCUT2D eigenvalue weighted by atomic mass is 10.1. The summed E-state index contributed by atoms with van der Waals surface area (Å²) in [6, 6.07) is 4.04. The largest absolute Gasteiger partial charge is 0.329 e. The third kappa shape index (κ3) is 3.20. The van der Waals surface area contributed by atoms with Crippen LogP contribution in [0.5, 0.6) is 0 Å². The molecule has 1 aromatic carbocycles. The van der Waals surface area contributed by atoms with Crippen molar-refractivity contribution in [3.05, 3.63) is 52.8 Å². The van der Waals surface area contributed by atoms with E-state index in [4.69, 9.17) is 11.6 Å². The van der Waals surface area contributed by atoms with Crippen LogP contribution in [0.2, 0.25) is 5.02 Å². The molecule has 0 saturated carbocycles. The molecule has 1 aromatic heterocycles. The molecular weight excluding hydrogens is 267 g/mol. The number of imidazole rings is 1. The van der Waals surface area contributed by atoms with E-state index in [0.29, 0.717) is 11.4 Å². The number of aromatic nitrogens is 2. The highest BCUT2D eigenvalue weighted by Gasteiger charge is 2.15. The molecule has 0 saturated heterocycles. The van der Waals surface area contributed by atoms with Crippen LogP contribution in [0.1, 0.15) is 29.5 Å². The van der Waals surface area contributed by atoms with Gasteiger partial charge in [-0.3, -0.25) is 4.79 Å². The Balaban J connectivity index is 2.18. The first-order valence-corrected chi connectivity index (χ1v) is 6.48. The van der Waals surface area contributed by atoms with Crippen LogP contribution in [-0.4, -0.2) is 15.3 Å². The van der Waals surface area contributed by atoms with Crippen molar-refractivity contribution in [2.75, 3.05) is 0 Å². The molecule has 0 aliphatic rings. The molecule has 0 fully saturated rings. The van der Waals surface area contributed by atoms with Gasteiger partial charge in [0.1, 0.15) is 5.82 Å². The molecule has 0 spiro atoms. The second-order valence-electron chi connectivity index (χ2n) is 4.28. The van der Waals surface area contributed by atoms with Gasteiger partial charge in [-0.1, -0.05) is 24.6 Å². The molecule has 3 nitrogen and oxygen atoms in total. The fourth-order valence-corrected chi connectivity index (χ4v) is 2.13. The summed E-state index contributed by atoms with van der Waals surface area (Å²) in [4.78, 5) is 16.2. The van der Waals surface area contributed by atoms with Crippen LogP contribution in [0, 0.1) is 5.82 Å². The van der Waals surface area contributed by atoms with E-state index >= 15 is 0 Å². The van der Waals surface area contributed by atoms with E-state index in [0.717, 1.165) is 13.0 Å². The van der Waals surface area contributed by atoms with Crippen molar-refractivity contribution in [2.45, 2.75) is 26.3 Å². The van der Waals surface area contributed by atoms with E-state index in [1.807, 2.05) is 11.5 Å². The Morgan fingerprint density at radius 2 is 2.26 bits per heavy atom. The van der Waals surface area contributed by atoms with Gasteiger partial charge in [-0.15, -0.1) is 0 Å². The number of ketones is 1. The van der Waals surface area contributed by atoms with Crippen LogP contribution in [0.15, 0.2) is 30.6 Å². The van der Waals surface area contributed by atoms with Gasteiger partial charge in [0.05, 0.1) is 0 Å². The van der Waals surface area contributed by atoms with Crippen molar-refractivity contribution < 1.29 is 9.18 Å². The zero-order valence-corrected chi connectivity index (χ0v) is 11.3. The second kappa shape index (κ2) is 5.97. The van der Waals surface area contributed by atoms with Gasteiger partial charge in [-0.25, -0.2) is 9.37 Å². The minimum absolute atomic E-state index is 0.119. The van der Waals surface area contributed by atoms with Crippen molar-refractivity contribution in [1.82, 2.24) is 9.55 Å². The van der Waals surface area contributed by atoms with Crippen LogP contribution in [0.4, 0.5) is 4.39 Å². The zero-order chi connectivity index (χ0) is 13.8. The normalized spacial score (nSPS) is 10.7. The van der Waals surface area contributed by atoms with E-state index in [9.17, 15) is 9.18 Å². The Hall–Kier alpha value is -1.68. The average molecular weight is 281 g/mol. The van der Waals surface area contributed by atoms with Gasteiger partial charge in [-0.05, 0) is 24.1 Å². The Morgan fingerprint density at radius 1 is 1.47 bits per heavy atom. The molecule has 19 heavy (non-hydrogen) atoms. The number of nitrogens with zero attached hydrogens (tertiary/aromatic N) is 2. The maximum absolute atomic E-state index is 12.9. The van der Waals surface area contributed by atoms with Gasteiger partial charge in [0, 0.05) is 30.4 Å². The summed E-state index contributed by atoms with van der Waals surface area (Å²) in [5.74, 6) is -0.108. The molecular formula is C14H14ClFN2O. The average Bonchev–Trinajstić information content (AvgIpc) is 2.81. The molecule has 0 atom stereocenters. The monoisotopic (exact) mass is 280 g/mol. The number of hydrogen-bond acceptors (Lipinski definition) is 2. The third-order valence-electron chi connectivity index (χ3n) is 2.80. The molecule has 2 rings (SSSR count). The number of aryl methyl sites for hydroxylation is 1. The van der Waals surface area contributed by atoms with Crippen molar-refractivity contribution in [3.63, 3.8) is 0 Å². The molecule has 0 amide bonds. The predicted molar refractivity (Wildman–Crippen MR) is 72.0 cm³/mol. The highest BCUT2D eigenvalue weighted by atomic mass is 35.5. The summed E-state index contributed by atoms with van der Waals surface area (Å²) < 4.78 is 14.8. The molecule has 0 N–H and O–H groups in total. The molecule has 0 aliphatic carbocycles. The number of halogens is 2. The van der Waals surface area contributed by atoms with Crippen molar-refractivity contribution in [2.24, 2.45) is 0 Å². The topological polar surface area (TPSA) is 34.9 Å². The second-order valence-corrected chi connectivity index (χ2v) is 4.69. The number of rotatable bonds is 5. The van der Waals surface area contributed by atoms with Crippen LogP contribution in [0.25, 0.3) is 0 Å². The maximum atomic E-state index is 12.9. The Bertz CT molecular complexity index is 595. The number of carbonyl (C=O) groups excluding carboxylic acids is 1. The number of carbonyl (C=O) groups is 1. The van der Waals surface area contributed by atoms with Crippen LogP contribution >= 0.6 is 11.6 Å². The smallest absolute Gasteiger partial charge is 0.202 e. The maximum Gasteiger partial charge on any atom is 0.202 e. The predicted octanol–water partition coefficient (Wildman–Crippen LogP) is 3.51. The van der Waals surface area contributed by atoms with Crippen LogP contribution in [0.3, 0.4) is 0 Å². The minimum atomic E-state index is -0.409. The van der Waals surface area contributed by atoms with Crippen LogP contribution in [-0.2, 0) is 13.0 Å². The van der Waals surface area contributed by atoms with Crippen LogP contribution < -0.4 is 0 Å². The standard InChI is InChI=1S/C14H14ClFN2O/c1-2-6-18-7-5-17-14(18)13(19)8-10-3-4-11(16)9-12(10)15/h3-5,7,9H,2,6,8H2,1H3. The molecule has 1 heterocycles. The van der Waals surface area contributed by atoms with E-state index < -0.39 is 5.82 Å².